The molecule has 3 nitrogen and oxygen atoms in total. The Morgan fingerprint density at radius 3 is 2.58 bits per heavy atom. The summed E-state index contributed by atoms with van der Waals surface area (Å²) >= 11 is 0. The highest BCUT2D eigenvalue weighted by Gasteiger charge is 2.47. The van der Waals surface area contributed by atoms with Gasteiger partial charge in [0.25, 0.3) is 0 Å². The quantitative estimate of drug-likeness (QED) is 0.590. The average Bonchev–Trinajstić information content (AvgIpc) is 2.60. The minimum absolute atomic E-state index is 0.00245. The number of fused-ring (bicyclic) bond motifs is 2. The fourth-order valence-electron chi connectivity index (χ4n) is 2.54. The van der Waals surface area contributed by atoms with E-state index in [-0.39, 0.29) is 24.4 Å². The molecule has 2 aliphatic rings. The third-order valence-electron chi connectivity index (χ3n) is 3.12. The molecule has 2 rings (SSSR count). The summed E-state index contributed by atoms with van der Waals surface area (Å²) in [7, 11) is 0. The van der Waals surface area contributed by atoms with Crippen molar-refractivity contribution < 1.29 is 15.0 Å². The Hall–Kier alpha value is -0.830. The number of allylic oxidation sites excluding steroid dienone is 2. The zero-order valence-electron chi connectivity index (χ0n) is 6.68. The number of carbonyl (C=O) groups is 1. The van der Waals surface area contributed by atoms with Crippen LogP contribution >= 0.6 is 0 Å². The van der Waals surface area contributed by atoms with Crippen molar-refractivity contribution in [3.05, 3.63) is 12.2 Å². The number of carboxylic acids is 1. The molecule has 0 amide bonds. The molecule has 2 N–H and O–H groups in total. The molecule has 0 heterocycles. The Bertz CT molecular complexity index is 234. The molecule has 1 saturated carbocycles. The van der Waals surface area contributed by atoms with Crippen LogP contribution < -0.4 is 0 Å². The van der Waals surface area contributed by atoms with Gasteiger partial charge in [-0.15, -0.1) is 0 Å². The summed E-state index contributed by atoms with van der Waals surface area (Å²) in [5, 5.41) is 17.9. The van der Waals surface area contributed by atoms with Gasteiger partial charge in [0.2, 0.25) is 0 Å². The Balaban J connectivity index is 2.23. The predicted octanol–water partition coefficient (Wildman–Crippen LogP) is 0.502. The van der Waals surface area contributed by atoms with Crippen molar-refractivity contribution in [3.8, 4) is 0 Å². The molecule has 2 bridgehead atoms. The molecule has 4 atom stereocenters. The number of aliphatic carboxylic acids is 1. The molecule has 3 heteroatoms. The maximum Gasteiger partial charge on any atom is 0.307 e. The maximum absolute atomic E-state index is 10.8. The molecule has 12 heavy (non-hydrogen) atoms. The number of hydrogen-bond acceptors (Lipinski definition) is 2. The van der Waals surface area contributed by atoms with Crippen LogP contribution in [0.4, 0.5) is 0 Å². The highest BCUT2D eigenvalue weighted by molar-refractivity contribution is 5.72. The third kappa shape index (κ3) is 0.894. The standard InChI is InChI=1S/C9H12O3/c10-4-7-5-1-2-6(3-5)8(7)9(11)12/h1-2,5-8,10H,3-4H2,(H,11,12)/t5?,6?,7-,8-/m0/s1. The van der Waals surface area contributed by atoms with Crippen molar-refractivity contribution in [2.75, 3.05) is 6.61 Å². The number of rotatable bonds is 2. The van der Waals surface area contributed by atoms with E-state index in [0.29, 0.717) is 5.92 Å². The van der Waals surface area contributed by atoms with Crippen LogP contribution in [-0.2, 0) is 4.79 Å². The van der Waals surface area contributed by atoms with E-state index in [0.717, 1.165) is 6.42 Å². The van der Waals surface area contributed by atoms with Crippen LogP contribution in [0.1, 0.15) is 6.42 Å². The van der Waals surface area contributed by atoms with Crippen molar-refractivity contribution in [2.45, 2.75) is 6.42 Å². The first-order chi connectivity index (χ1) is 5.74. The summed E-state index contributed by atoms with van der Waals surface area (Å²) in [5.41, 5.74) is 0. The van der Waals surface area contributed by atoms with E-state index in [1.165, 1.54) is 0 Å². The Morgan fingerprint density at radius 2 is 2.08 bits per heavy atom. The topological polar surface area (TPSA) is 57.5 Å². The van der Waals surface area contributed by atoms with Gasteiger partial charge in [-0.1, -0.05) is 12.2 Å². The highest BCUT2D eigenvalue weighted by Crippen LogP contribution is 2.47. The first-order valence-corrected chi connectivity index (χ1v) is 4.26. The van der Waals surface area contributed by atoms with Gasteiger partial charge in [-0.2, -0.15) is 0 Å². The first-order valence-electron chi connectivity index (χ1n) is 4.26. The van der Waals surface area contributed by atoms with Crippen LogP contribution in [0.3, 0.4) is 0 Å². The van der Waals surface area contributed by atoms with Crippen LogP contribution in [0.25, 0.3) is 0 Å². The zero-order valence-corrected chi connectivity index (χ0v) is 6.68. The van der Waals surface area contributed by atoms with E-state index in [4.69, 9.17) is 10.2 Å². The van der Waals surface area contributed by atoms with Crippen LogP contribution in [-0.4, -0.2) is 22.8 Å². The molecule has 0 radical (unpaired) electrons. The van der Waals surface area contributed by atoms with Crippen molar-refractivity contribution in [3.63, 3.8) is 0 Å². The fourth-order valence-corrected chi connectivity index (χ4v) is 2.54. The van der Waals surface area contributed by atoms with E-state index in [1.807, 2.05) is 12.2 Å². The number of aliphatic hydroxyl groups excluding tert-OH is 1. The third-order valence-corrected chi connectivity index (χ3v) is 3.12. The molecule has 0 spiro atoms. The van der Waals surface area contributed by atoms with Crippen LogP contribution in [0, 0.1) is 23.7 Å². The lowest BCUT2D eigenvalue weighted by Crippen LogP contribution is -2.29. The van der Waals surface area contributed by atoms with Crippen molar-refractivity contribution >= 4 is 5.97 Å². The second kappa shape index (κ2) is 2.59. The van der Waals surface area contributed by atoms with E-state index in [9.17, 15) is 4.79 Å². The fraction of sp³-hybridized carbons (Fsp3) is 0.667. The SMILES string of the molecule is O=C(O)[C@H]1C2C=CC(C2)[C@@H]1CO. The molecular formula is C9H12O3. The van der Waals surface area contributed by atoms with Gasteiger partial charge in [0.05, 0.1) is 5.92 Å². The van der Waals surface area contributed by atoms with Crippen molar-refractivity contribution in [2.24, 2.45) is 23.7 Å². The summed E-state index contributed by atoms with van der Waals surface area (Å²) < 4.78 is 0. The number of carboxylic acid groups (broad SMARTS) is 1. The molecule has 0 aromatic heterocycles. The normalized spacial score (nSPS) is 43.8. The summed E-state index contributed by atoms with van der Waals surface area (Å²) in [6.45, 7) is 0.00245. The van der Waals surface area contributed by atoms with E-state index in [2.05, 4.69) is 0 Å². The first kappa shape index (κ1) is 7.80. The zero-order chi connectivity index (χ0) is 8.72. The molecule has 2 aliphatic carbocycles. The lowest BCUT2D eigenvalue weighted by atomic mass is 9.84. The lowest BCUT2D eigenvalue weighted by Gasteiger charge is -2.22. The minimum Gasteiger partial charge on any atom is -0.481 e. The molecule has 0 aliphatic heterocycles. The van der Waals surface area contributed by atoms with Crippen molar-refractivity contribution in [1.29, 1.82) is 0 Å². The Kier molecular flexibility index (Phi) is 1.68. The summed E-state index contributed by atoms with van der Waals surface area (Å²) in [5.74, 6) is -0.667. The van der Waals surface area contributed by atoms with Gasteiger partial charge >= 0.3 is 5.97 Å². The van der Waals surface area contributed by atoms with Crippen molar-refractivity contribution in [1.82, 2.24) is 0 Å². The molecule has 0 aromatic rings. The second-order valence-electron chi connectivity index (χ2n) is 3.66. The minimum atomic E-state index is -0.758. The maximum atomic E-state index is 10.8. The second-order valence-corrected chi connectivity index (χ2v) is 3.66. The monoisotopic (exact) mass is 168 g/mol. The Labute approximate surface area is 70.7 Å². The van der Waals surface area contributed by atoms with Gasteiger partial charge in [-0.3, -0.25) is 4.79 Å². The molecule has 2 unspecified atom stereocenters. The number of hydrogen-bond donors (Lipinski definition) is 2. The number of aliphatic hydroxyl groups is 1. The van der Waals surface area contributed by atoms with E-state index >= 15 is 0 Å². The van der Waals surface area contributed by atoms with Crippen LogP contribution in [0.2, 0.25) is 0 Å². The molecule has 1 fully saturated rings. The summed E-state index contributed by atoms with van der Waals surface area (Å²) in [4.78, 5) is 10.8. The highest BCUT2D eigenvalue weighted by atomic mass is 16.4. The molecule has 0 aromatic carbocycles. The van der Waals surface area contributed by atoms with Gasteiger partial charge in [0.1, 0.15) is 0 Å². The predicted molar refractivity (Wildman–Crippen MR) is 42.4 cm³/mol. The average molecular weight is 168 g/mol. The van der Waals surface area contributed by atoms with Gasteiger partial charge < -0.3 is 10.2 Å². The van der Waals surface area contributed by atoms with E-state index in [1.54, 1.807) is 0 Å². The molecule has 0 saturated heterocycles. The Morgan fingerprint density at radius 1 is 1.42 bits per heavy atom. The van der Waals surface area contributed by atoms with Crippen LogP contribution in [0.15, 0.2) is 12.2 Å². The van der Waals surface area contributed by atoms with E-state index < -0.39 is 5.97 Å². The van der Waals surface area contributed by atoms with Gasteiger partial charge in [-0.05, 0) is 18.3 Å². The summed E-state index contributed by atoms with van der Waals surface area (Å²) in [6.07, 6.45) is 4.95. The smallest absolute Gasteiger partial charge is 0.307 e. The van der Waals surface area contributed by atoms with Gasteiger partial charge in [-0.25, -0.2) is 0 Å². The van der Waals surface area contributed by atoms with Gasteiger partial charge in [0.15, 0.2) is 0 Å². The molecular weight excluding hydrogens is 156 g/mol. The van der Waals surface area contributed by atoms with Crippen LogP contribution in [0.5, 0.6) is 0 Å². The largest absolute Gasteiger partial charge is 0.481 e. The summed E-state index contributed by atoms with van der Waals surface area (Å²) in [6, 6.07) is 0. The lowest BCUT2D eigenvalue weighted by molar-refractivity contribution is -0.144. The molecule has 66 valence electrons. The van der Waals surface area contributed by atoms with Gasteiger partial charge in [0, 0.05) is 12.5 Å².